The van der Waals surface area contributed by atoms with Gasteiger partial charge < -0.3 is 4.90 Å². The minimum atomic E-state index is 0.0556. The van der Waals surface area contributed by atoms with Crippen molar-refractivity contribution in [3.8, 4) is 0 Å². The topological polar surface area (TPSA) is 65.1 Å². The smallest absolute Gasteiger partial charge is 0.253 e. The lowest BCUT2D eigenvalue weighted by atomic mass is 9.63. The standard InChI is InChI=1S/C27H25Cl2N5O/c28-21-8-5-18(6-9-21)25-27(17-34(25)16-20-3-1-2-4-22(20)29)11-13-33(14-12-27)26(35)19-7-10-23-24(15-19)31-32-30-23/h1-10,15,25H,11-14,16-17H2,(H,30,31,32). The van der Waals surface area contributed by atoms with Crippen molar-refractivity contribution in [1.82, 2.24) is 25.2 Å². The molecule has 178 valence electrons. The van der Waals surface area contributed by atoms with Crippen molar-refractivity contribution in [1.29, 1.82) is 0 Å². The highest BCUT2D eigenvalue weighted by Gasteiger charge is 2.54. The lowest BCUT2D eigenvalue weighted by Crippen LogP contribution is -2.62. The van der Waals surface area contributed by atoms with Gasteiger partial charge in [0, 0.05) is 53.2 Å². The van der Waals surface area contributed by atoms with Gasteiger partial charge in [-0.25, -0.2) is 0 Å². The van der Waals surface area contributed by atoms with Gasteiger partial charge in [-0.2, -0.15) is 15.4 Å². The van der Waals surface area contributed by atoms with Crippen LogP contribution in [0.5, 0.6) is 0 Å². The summed E-state index contributed by atoms with van der Waals surface area (Å²) >= 11 is 12.7. The van der Waals surface area contributed by atoms with Crippen LogP contribution in [-0.4, -0.2) is 50.8 Å². The number of rotatable bonds is 4. The Labute approximate surface area is 213 Å². The van der Waals surface area contributed by atoms with Gasteiger partial charge in [-0.15, -0.1) is 0 Å². The van der Waals surface area contributed by atoms with Crippen LogP contribution < -0.4 is 0 Å². The number of aromatic amines is 1. The second-order valence-corrected chi connectivity index (χ2v) is 10.5. The molecule has 0 bridgehead atoms. The molecule has 2 aliphatic rings. The number of nitrogens with one attached hydrogen (secondary N) is 1. The van der Waals surface area contributed by atoms with E-state index >= 15 is 0 Å². The number of piperidine rings is 1. The molecule has 0 aliphatic carbocycles. The predicted octanol–water partition coefficient (Wildman–Crippen LogP) is 5.74. The summed E-state index contributed by atoms with van der Waals surface area (Å²) in [5.41, 5.74) is 4.66. The van der Waals surface area contributed by atoms with E-state index in [4.69, 9.17) is 23.2 Å². The van der Waals surface area contributed by atoms with E-state index in [1.54, 1.807) is 0 Å². The van der Waals surface area contributed by atoms with Gasteiger partial charge in [0.1, 0.15) is 11.0 Å². The first-order chi connectivity index (χ1) is 17.0. The molecule has 1 spiro atoms. The largest absolute Gasteiger partial charge is 0.339 e. The van der Waals surface area contributed by atoms with Crippen LogP contribution in [0.25, 0.3) is 11.0 Å². The molecule has 1 unspecified atom stereocenters. The summed E-state index contributed by atoms with van der Waals surface area (Å²) in [6.07, 6.45) is 1.91. The van der Waals surface area contributed by atoms with E-state index in [1.165, 1.54) is 5.56 Å². The number of carbonyl (C=O) groups excluding carboxylic acids is 1. The number of H-pyrrole nitrogens is 1. The Morgan fingerprint density at radius 3 is 2.49 bits per heavy atom. The number of halogens is 2. The Balaban J connectivity index is 1.21. The maximum atomic E-state index is 13.2. The lowest BCUT2D eigenvalue weighted by Gasteiger charge is -2.61. The molecule has 2 saturated heterocycles. The van der Waals surface area contributed by atoms with Crippen LogP contribution in [0.15, 0.2) is 66.7 Å². The molecule has 2 aliphatic heterocycles. The van der Waals surface area contributed by atoms with Gasteiger partial charge in [0.15, 0.2) is 0 Å². The molecule has 6 rings (SSSR count). The van der Waals surface area contributed by atoms with Gasteiger partial charge in [0.05, 0.1) is 0 Å². The first-order valence-electron chi connectivity index (χ1n) is 11.9. The molecule has 1 N–H and O–H groups in total. The van der Waals surface area contributed by atoms with Gasteiger partial charge >= 0.3 is 0 Å². The third-order valence-electron chi connectivity index (χ3n) is 7.59. The van der Waals surface area contributed by atoms with Crippen molar-refractivity contribution in [2.24, 2.45) is 5.41 Å². The van der Waals surface area contributed by atoms with Gasteiger partial charge in [-0.05, 0) is 60.4 Å². The number of fused-ring (bicyclic) bond motifs is 1. The Kier molecular flexibility index (Phi) is 5.75. The normalized spacial score (nSPS) is 19.7. The summed E-state index contributed by atoms with van der Waals surface area (Å²) in [7, 11) is 0. The maximum Gasteiger partial charge on any atom is 0.253 e. The molecule has 2 fully saturated rings. The van der Waals surface area contributed by atoms with Crippen LogP contribution in [0.3, 0.4) is 0 Å². The second-order valence-electron chi connectivity index (χ2n) is 9.63. The van der Waals surface area contributed by atoms with Crippen molar-refractivity contribution in [2.75, 3.05) is 19.6 Å². The van der Waals surface area contributed by atoms with Gasteiger partial charge in [0.25, 0.3) is 5.91 Å². The zero-order chi connectivity index (χ0) is 24.0. The summed E-state index contributed by atoms with van der Waals surface area (Å²) in [6.45, 7) is 3.26. The zero-order valence-electron chi connectivity index (χ0n) is 19.1. The van der Waals surface area contributed by atoms with E-state index in [2.05, 4.69) is 38.5 Å². The number of amides is 1. The number of hydrogen-bond donors (Lipinski definition) is 1. The summed E-state index contributed by atoms with van der Waals surface area (Å²) in [5, 5.41) is 12.3. The molecule has 1 atom stereocenters. The molecule has 3 aromatic carbocycles. The Bertz CT molecular complexity index is 1380. The van der Waals surface area contributed by atoms with E-state index in [-0.39, 0.29) is 17.4 Å². The van der Waals surface area contributed by atoms with Crippen LogP contribution in [-0.2, 0) is 6.54 Å². The van der Waals surface area contributed by atoms with Crippen LogP contribution in [0, 0.1) is 5.41 Å². The summed E-state index contributed by atoms with van der Waals surface area (Å²) < 4.78 is 0. The average molecular weight is 506 g/mol. The fraction of sp³-hybridized carbons (Fsp3) is 0.296. The molecule has 6 nitrogen and oxygen atoms in total. The van der Waals surface area contributed by atoms with E-state index < -0.39 is 0 Å². The van der Waals surface area contributed by atoms with Crippen LogP contribution in [0.2, 0.25) is 10.0 Å². The third-order valence-corrected chi connectivity index (χ3v) is 8.21. The van der Waals surface area contributed by atoms with E-state index in [9.17, 15) is 4.79 Å². The Morgan fingerprint density at radius 2 is 1.71 bits per heavy atom. The van der Waals surface area contributed by atoms with Crippen LogP contribution in [0.4, 0.5) is 0 Å². The zero-order valence-corrected chi connectivity index (χ0v) is 20.6. The number of benzene rings is 3. The van der Waals surface area contributed by atoms with Crippen LogP contribution >= 0.6 is 23.2 Å². The summed E-state index contributed by atoms with van der Waals surface area (Å²) in [4.78, 5) is 17.7. The van der Waals surface area contributed by atoms with E-state index in [1.807, 2.05) is 53.4 Å². The lowest BCUT2D eigenvalue weighted by molar-refractivity contribution is -0.113. The highest BCUT2D eigenvalue weighted by Crippen LogP contribution is 2.55. The van der Waals surface area contributed by atoms with Crippen molar-refractivity contribution in [3.63, 3.8) is 0 Å². The average Bonchev–Trinajstić information content (AvgIpc) is 3.34. The van der Waals surface area contributed by atoms with Gasteiger partial charge in [-0.3, -0.25) is 9.69 Å². The summed E-state index contributed by atoms with van der Waals surface area (Å²) in [6, 6.07) is 22.0. The fourth-order valence-corrected chi connectivity index (χ4v) is 6.12. The molecule has 3 heterocycles. The highest BCUT2D eigenvalue weighted by atomic mass is 35.5. The molecular formula is C27H25Cl2N5O. The SMILES string of the molecule is O=C(c1ccc2n[nH]nc2c1)N1CCC2(CC1)CN(Cc1ccccc1Cl)C2c1ccc(Cl)cc1. The van der Waals surface area contributed by atoms with Crippen molar-refractivity contribution >= 4 is 40.1 Å². The number of nitrogens with zero attached hydrogens (tertiary/aromatic N) is 4. The number of likely N-dealkylation sites (tertiary alicyclic amines) is 2. The molecule has 0 radical (unpaired) electrons. The first-order valence-corrected chi connectivity index (χ1v) is 12.6. The third kappa shape index (κ3) is 4.10. The molecule has 4 aromatic rings. The summed E-state index contributed by atoms with van der Waals surface area (Å²) in [5.74, 6) is 0.0556. The van der Waals surface area contributed by atoms with E-state index in [0.29, 0.717) is 11.1 Å². The molecule has 0 saturated carbocycles. The Morgan fingerprint density at radius 1 is 0.971 bits per heavy atom. The second kappa shape index (κ2) is 8.94. The van der Waals surface area contributed by atoms with Crippen molar-refractivity contribution in [3.05, 3.63) is 93.5 Å². The van der Waals surface area contributed by atoms with Crippen molar-refractivity contribution in [2.45, 2.75) is 25.4 Å². The van der Waals surface area contributed by atoms with Gasteiger partial charge in [-0.1, -0.05) is 53.5 Å². The number of aromatic nitrogens is 3. The fourth-order valence-electron chi connectivity index (χ4n) is 5.80. The van der Waals surface area contributed by atoms with E-state index in [0.717, 1.165) is 60.1 Å². The molecule has 35 heavy (non-hydrogen) atoms. The quantitative estimate of drug-likeness (QED) is 0.383. The maximum absolute atomic E-state index is 13.2. The minimum Gasteiger partial charge on any atom is -0.339 e. The minimum absolute atomic E-state index is 0.0556. The van der Waals surface area contributed by atoms with Gasteiger partial charge in [0.2, 0.25) is 0 Å². The monoisotopic (exact) mass is 505 g/mol. The molecule has 8 heteroatoms. The molecular weight excluding hydrogens is 481 g/mol. The predicted molar refractivity (Wildman–Crippen MR) is 138 cm³/mol. The molecule has 1 aromatic heterocycles. The van der Waals surface area contributed by atoms with Crippen LogP contribution in [0.1, 0.15) is 40.4 Å². The number of carbonyl (C=O) groups is 1. The Hall–Kier alpha value is -2.93. The highest BCUT2D eigenvalue weighted by molar-refractivity contribution is 6.31. The first kappa shape index (κ1) is 22.5. The molecule has 1 amide bonds. The van der Waals surface area contributed by atoms with Crippen molar-refractivity contribution < 1.29 is 4.79 Å². The number of hydrogen-bond acceptors (Lipinski definition) is 4.